The summed E-state index contributed by atoms with van der Waals surface area (Å²) in [6.07, 6.45) is 5.11. The van der Waals surface area contributed by atoms with Crippen LogP contribution in [0.1, 0.15) is 34.8 Å². The van der Waals surface area contributed by atoms with Gasteiger partial charge >= 0.3 is 6.03 Å². The fourth-order valence-corrected chi connectivity index (χ4v) is 4.29. The molecule has 3 rings (SSSR count). The van der Waals surface area contributed by atoms with Gasteiger partial charge in [-0.1, -0.05) is 6.92 Å². The van der Waals surface area contributed by atoms with E-state index in [1.807, 2.05) is 4.72 Å². The Morgan fingerprint density at radius 1 is 1.29 bits per heavy atom. The summed E-state index contributed by atoms with van der Waals surface area (Å²) in [5.41, 5.74) is 9.76. The summed E-state index contributed by atoms with van der Waals surface area (Å²) < 4.78 is 55.7. The highest BCUT2D eigenvalue weighted by Gasteiger charge is 2.26. The number of benzene rings is 1. The number of nitrogens with one attached hydrogen (secondary N) is 2. The fraction of sp³-hybridized carbons (Fsp3) is 0.143. The van der Waals surface area contributed by atoms with Crippen LogP contribution in [0, 0.1) is 11.6 Å². The van der Waals surface area contributed by atoms with Crippen LogP contribution >= 0.6 is 0 Å². The van der Waals surface area contributed by atoms with Crippen LogP contribution in [0.25, 0.3) is 16.6 Å². The molecule has 2 heterocycles. The van der Waals surface area contributed by atoms with Crippen molar-refractivity contribution in [3.63, 3.8) is 0 Å². The molecule has 10 nitrogen and oxygen atoms in total. The highest BCUT2D eigenvalue weighted by molar-refractivity contribution is 7.92. The molecular formula is C21H20F2N6O4S. The number of aromatic amines is 1. The maximum absolute atomic E-state index is 15.1. The lowest BCUT2D eigenvalue weighted by molar-refractivity contribution is 0.103. The van der Waals surface area contributed by atoms with Crippen molar-refractivity contribution in [2.75, 3.05) is 10.5 Å². The number of amides is 2. The number of H-pyrrole nitrogens is 1. The van der Waals surface area contributed by atoms with E-state index >= 15 is 4.39 Å². The van der Waals surface area contributed by atoms with Crippen LogP contribution in [0.2, 0.25) is 0 Å². The number of urea groups is 1. The number of hydrogen-bond acceptors (Lipinski definition) is 6. The molecule has 0 saturated heterocycles. The van der Waals surface area contributed by atoms with Crippen molar-refractivity contribution in [2.24, 2.45) is 16.5 Å². The summed E-state index contributed by atoms with van der Waals surface area (Å²) in [7, 11) is -3.88. The van der Waals surface area contributed by atoms with Crippen LogP contribution in [-0.2, 0) is 10.0 Å². The number of halogens is 2. The van der Waals surface area contributed by atoms with Crippen LogP contribution in [0.3, 0.4) is 0 Å². The number of aliphatic imine (C=N–C) groups is 1. The molecule has 0 aliphatic heterocycles. The van der Waals surface area contributed by atoms with E-state index in [0.717, 1.165) is 24.5 Å². The van der Waals surface area contributed by atoms with Crippen molar-refractivity contribution < 1.29 is 26.8 Å². The summed E-state index contributed by atoms with van der Waals surface area (Å²) in [5.74, 6) is -3.84. The number of fused-ring (bicyclic) bond motifs is 1. The first-order valence-electron chi connectivity index (χ1n) is 9.84. The monoisotopic (exact) mass is 490 g/mol. The molecule has 0 unspecified atom stereocenters. The maximum Gasteiger partial charge on any atom is 0.338 e. The number of pyridine rings is 1. The van der Waals surface area contributed by atoms with Gasteiger partial charge in [0.25, 0.3) is 0 Å². The molecule has 13 heteroatoms. The first-order chi connectivity index (χ1) is 16.1. The first kappa shape index (κ1) is 24.5. The van der Waals surface area contributed by atoms with E-state index in [1.165, 1.54) is 18.5 Å². The van der Waals surface area contributed by atoms with Gasteiger partial charge < -0.3 is 16.5 Å². The van der Waals surface area contributed by atoms with Crippen LogP contribution in [0.15, 0.2) is 41.8 Å². The molecule has 34 heavy (non-hydrogen) atoms. The molecule has 0 bridgehead atoms. The van der Waals surface area contributed by atoms with E-state index in [-0.39, 0.29) is 34.3 Å². The second-order valence-electron chi connectivity index (χ2n) is 7.07. The minimum absolute atomic E-state index is 0.126. The minimum Gasteiger partial charge on any atom is -0.404 e. The van der Waals surface area contributed by atoms with Gasteiger partial charge in [-0.15, -0.1) is 0 Å². The lowest BCUT2D eigenvalue weighted by atomic mass is 10.00. The third-order valence-electron chi connectivity index (χ3n) is 4.68. The Balaban J connectivity index is 2.08. The SMILES string of the molecule is CCCS(=O)(=O)Nc1ccc(F)c(C(=O)c2c[nH]c3ncc(C(=C/N)/C=N/C(N)=O)cc23)c1F. The number of hydrogen-bond donors (Lipinski definition) is 4. The Morgan fingerprint density at radius 3 is 2.68 bits per heavy atom. The Morgan fingerprint density at radius 2 is 2.03 bits per heavy atom. The number of nitrogens with zero attached hydrogens (tertiary/aromatic N) is 2. The number of aromatic nitrogens is 2. The summed E-state index contributed by atoms with van der Waals surface area (Å²) in [4.78, 5) is 34.4. The number of primary amides is 1. The largest absolute Gasteiger partial charge is 0.404 e. The van der Waals surface area contributed by atoms with Crippen LogP contribution in [0.4, 0.5) is 19.3 Å². The summed E-state index contributed by atoms with van der Waals surface area (Å²) >= 11 is 0. The zero-order chi connectivity index (χ0) is 25.0. The highest BCUT2D eigenvalue weighted by Crippen LogP contribution is 2.28. The number of nitrogens with two attached hydrogens (primary N) is 2. The van der Waals surface area contributed by atoms with Crippen molar-refractivity contribution >= 4 is 50.3 Å². The molecular weight excluding hydrogens is 470 g/mol. The van der Waals surface area contributed by atoms with Crippen molar-refractivity contribution in [2.45, 2.75) is 13.3 Å². The normalized spacial score (nSPS) is 12.4. The van der Waals surface area contributed by atoms with Crippen LogP contribution in [-0.4, -0.2) is 42.2 Å². The van der Waals surface area contributed by atoms with Gasteiger partial charge in [-0.2, -0.15) is 0 Å². The number of anilines is 1. The minimum atomic E-state index is -3.88. The van der Waals surface area contributed by atoms with Crippen molar-refractivity contribution in [1.82, 2.24) is 9.97 Å². The smallest absolute Gasteiger partial charge is 0.338 e. The Kier molecular flexibility index (Phi) is 7.05. The number of carbonyl (C=O) groups excluding carboxylic acids is 2. The number of carbonyl (C=O) groups is 2. The van der Waals surface area contributed by atoms with Gasteiger partial charge in [0.2, 0.25) is 15.8 Å². The van der Waals surface area contributed by atoms with E-state index in [0.29, 0.717) is 5.56 Å². The molecule has 0 spiro atoms. The van der Waals surface area contributed by atoms with Gasteiger partial charge in [0.05, 0.1) is 17.0 Å². The van der Waals surface area contributed by atoms with Gasteiger partial charge in [0.1, 0.15) is 11.5 Å². The van der Waals surface area contributed by atoms with E-state index in [4.69, 9.17) is 11.5 Å². The maximum atomic E-state index is 15.1. The molecule has 2 amide bonds. The summed E-state index contributed by atoms with van der Waals surface area (Å²) in [6.45, 7) is 1.62. The third-order valence-corrected chi connectivity index (χ3v) is 6.15. The molecule has 0 aliphatic rings. The molecule has 1 aromatic carbocycles. The first-order valence-corrected chi connectivity index (χ1v) is 11.5. The number of sulfonamides is 1. The van der Waals surface area contributed by atoms with Crippen molar-refractivity contribution in [3.05, 3.63) is 65.1 Å². The molecule has 3 aromatic rings. The second-order valence-corrected chi connectivity index (χ2v) is 8.92. The highest BCUT2D eigenvalue weighted by atomic mass is 32.2. The molecule has 2 aromatic heterocycles. The van der Waals surface area contributed by atoms with Gasteiger partial charge in [-0.05, 0) is 24.6 Å². The average Bonchev–Trinajstić information content (AvgIpc) is 3.19. The summed E-state index contributed by atoms with van der Waals surface area (Å²) in [6, 6.07) is 2.21. The summed E-state index contributed by atoms with van der Waals surface area (Å²) in [5, 5.41) is 0.199. The van der Waals surface area contributed by atoms with Crippen LogP contribution < -0.4 is 16.2 Å². The Hall–Kier alpha value is -4.13. The molecule has 0 radical (unpaired) electrons. The quantitative estimate of drug-likeness (QED) is 0.279. The Bertz CT molecular complexity index is 1450. The predicted molar refractivity (Wildman–Crippen MR) is 124 cm³/mol. The van der Waals surface area contributed by atoms with Gasteiger partial charge in [0, 0.05) is 46.9 Å². The van der Waals surface area contributed by atoms with Gasteiger partial charge in [-0.3, -0.25) is 9.52 Å². The molecule has 6 N–H and O–H groups in total. The van der Waals surface area contributed by atoms with Gasteiger partial charge in [0.15, 0.2) is 5.82 Å². The molecule has 178 valence electrons. The third kappa shape index (κ3) is 5.09. The number of rotatable bonds is 8. The average molecular weight is 490 g/mol. The number of allylic oxidation sites excluding steroid dienone is 1. The van der Waals surface area contributed by atoms with Crippen molar-refractivity contribution in [3.8, 4) is 0 Å². The topological polar surface area (TPSA) is 173 Å². The molecule has 0 saturated carbocycles. The lowest BCUT2D eigenvalue weighted by Gasteiger charge is -2.11. The van der Waals surface area contributed by atoms with E-state index < -0.39 is 44.7 Å². The van der Waals surface area contributed by atoms with Crippen LogP contribution in [0.5, 0.6) is 0 Å². The fourth-order valence-electron chi connectivity index (χ4n) is 3.16. The second kappa shape index (κ2) is 9.79. The van der Waals surface area contributed by atoms with Crippen molar-refractivity contribution in [1.29, 1.82) is 0 Å². The predicted octanol–water partition coefficient (Wildman–Crippen LogP) is 2.67. The van der Waals surface area contributed by atoms with E-state index in [9.17, 15) is 22.4 Å². The molecule has 0 atom stereocenters. The lowest BCUT2D eigenvalue weighted by Crippen LogP contribution is -2.18. The van der Waals surface area contributed by atoms with Gasteiger partial charge in [-0.25, -0.2) is 32.0 Å². The van der Waals surface area contributed by atoms with E-state index in [2.05, 4.69) is 15.0 Å². The zero-order valence-electron chi connectivity index (χ0n) is 17.8. The van der Waals surface area contributed by atoms with E-state index in [1.54, 1.807) is 6.92 Å². The number of ketones is 1. The standard InChI is InChI=1S/C21H20F2N6O4S/c1-2-5-34(32,33)29-16-4-3-15(22)17(18(16)23)19(30)14-10-27-20-13(14)6-11(8-26-20)12(7-24)9-28-21(25)31/h3-4,6-10,29H,2,5,24H2,1H3,(H2,25,31)(H,26,27)/b12-7+,28-9+. The zero-order valence-corrected chi connectivity index (χ0v) is 18.6. The Labute approximate surface area is 192 Å². The molecule has 0 fully saturated rings. The molecule has 0 aliphatic carbocycles.